The highest BCUT2D eigenvalue weighted by Crippen LogP contribution is 2.43. The maximum atomic E-state index is 12.5. The predicted octanol–water partition coefficient (Wildman–Crippen LogP) is 9.50. The Hall–Kier alpha value is -1.03. The molecular formula is C37H73O10P. The Morgan fingerprint density at radius 3 is 1.29 bits per heavy atom. The summed E-state index contributed by atoms with van der Waals surface area (Å²) < 4.78 is 32.6. The zero-order valence-electron chi connectivity index (χ0n) is 30.7. The van der Waals surface area contributed by atoms with E-state index in [4.69, 9.17) is 19.1 Å². The molecule has 0 aliphatic carbocycles. The Kier molecular flexibility index (Phi) is 33.7. The van der Waals surface area contributed by atoms with E-state index < -0.39 is 51.8 Å². The summed E-state index contributed by atoms with van der Waals surface area (Å²) in [4.78, 5) is 34.8. The third-order valence-corrected chi connectivity index (χ3v) is 9.46. The van der Waals surface area contributed by atoms with Gasteiger partial charge in [-0.2, -0.15) is 0 Å². The maximum Gasteiger partial charge on any atom is 0.472 e. The van der Waals surface area contributed by atoms with Gasteiger partial charge in [-0.1, -0.05) is 162 Å². The van der Waals surface area contributed by atoms with Crippen molar-refractivity contribution in [1.82, 2.24) is 0 Å². The average molecular weight is 709 g/mol. The number of phosphoric acid groups is 1. The first kappa shape index (κ1) is 47.0. The Balaban J connectivity index is 4.33. The molecule has 0 bridgehead atoms. The second-order valence-corrected chi connectivity index (χ2v) is 14.8. The lowest BCUT2D eigenvalue weighted by Crippen LogP contribution is -2.29. The summed E-state index contributed by atoms with van der Waals surface area (Å²) in [6.45, 7) is 2.38. The van der Waals surface area contributed by atoms with E-state index in [0.717, 1.165) is 38.5 Å². The molecule has 0 fully saturated rings. The molecule has 0 aliphatic rings. The summed E-state index contributed by atoms with van der Waals surface area (Å²) >= 11 is 0. The average Bonchev–Trinajstić information content (AvgIpc) is 3.07. The van der Waals surface area contributed by atoms with Crippen LogP contribution in [0.3, 0.4) is 0 Å². The van der Waals surface area contributed by atoms with E-state index in [0.29, 0.717) is 12.8 Å². The van der Waals surface area contributed by atoms with Gasteiger partial charge in [-0.05, 0) is 12.8 Å². The van der Waals surface area contributed by atoms with Crippen molar-refractivity contribution in [1.29, 1.82) is 0 Å². The van der Waals surface area contributed by atoms with Crippen molar-refractivity contribution in [3.8, 4) is 0 Å². The fourth-order valence-corrected chi connectivity index (χ4v) is 6.25. The molecule has 3 atom stereocenters. The number of esters is 2. The van der Waals surface area contributed by atoms with Crippen molar-refractivity contribution in [2.24, 2.45) is 0 Å². The van der Waals surface area contributed by atoms with E-state index in [1.165, 1.54) is 109 Å². The highest BCUT2D eigenvalue weighted by atomic mass is 31.2. The fourth-order valence-electron chi connectivity index (χ4n) is 5.46. The summed E-state index contributed by atoms with van der Waals surface area (Å²) in [6, 6.07) is 0. The number of rotatable bonds is 37. The van der Waals surface area contributed by atoms with Crippen LogP contribution in [0.25, 0.3) is 0 Å². The number of hydrogen-bond donors (Lipinski definition) is 3. The first-order chi connectivity index (χ1) is 23.2. The van der Waals surface area contributed by atoms with Gasteiger partial charge < -0.3 is 24.6 Å². The molecule has 0 aromatic rings. The van der Waals surface area contributed by atoms with Gasteiger partial charge in [0.05, 0.1) is 19.8 Å². The molecular weight excluding hydrogens is 635 g/mol. The second-order valence-electron chi connectivity index (χ2n) is 13.3. The van der Waals surface area contributed by atoms with Crippen LogP contribution in [0.1, 0.15) is 187 Å². The van der Waals surface area contributed by atoms with Crippen LogP contribution >= 0.6 is 7.82 Å². The van der Waals surface area contributed by atoms with E-state index in [2.05, 4.69) is 18.4 Å². The number of carbonyl (C=O) groups is 2. The number of unbranched alkanes of at least 4 members (excludes halogenated alkanes) is 23. The summed E-state index contributed by atoms with van der Waals surface area (Å²) in [7, 11) is -4.60. The van der Waals surface area contributed by atoms with Crippen molar-refractivity contribution in [3.05, 3.63) is 0 Å². The maximum absolute atomic E-state index is 12.5. The van der Waals surface area contributed by atoms with Gasteiger partial charge in [0.25, 0.3) is 0 Å². The lowest BCUT2D eigenvalue weighted by molar-refractivity contribution is -0.161. The van der Waals surface area contributed by atoms with Crippen LogP contribution in [-0.2, 0) is 32.7 Å². The number of aliphatic hydroxyl groups is 2. The van der Waals surface area contributed by atoms with E-state index in [1.807, 2.05) is 0 Å². The van der Waals surface area contributed by atoms with Crippen LogP contribution in [0, 0.1) is 0 Å². The third kappa shape index (κ3) is 33.5. The molecule has 0 aliphatic heterocycles. The molecule has 1 unspecified atom stereocenters. The van der Waals surface area contributed by atoms with Crippen molar-refractivity contribution < 1.29 is 47.8 Å². The van der Waals surface area contributed by atoms with Crippen LogP contribution < -0.4 is 0 Å². The van der Waals surface area contributed by atoms with Gasteiger partial charge in [0.1, 0.15) is 12.7 Å². The first-order valence-corrected chi connectivity index (χ1v) is 21.0. The van der Waals surface area contributed by atoms with Crippen molar-refractivity contribution in [2.75, 3.05) is 26.4 Å². The smallest absolute Gasteiger partial charge is 0.462 e. The molecule has 0 heterocycles. The van der Waals surface area contributed by atoms with Crippen LogP contribution in [-0.4, -0.2) is 65.7 Å². The van der Waals surface area contributed by atoms with E-state index in [1.54, 1.807) is 0 Å². The minimum atomic E-state index is -4.60. The zero-order chi connectivity index (χ0) is 35.6. The molecule has 0 aromatic heterocycles. The summed E-state index contributed by atoms with van der Waals surface area (Å²) in [5.74, 6) is -0.915. The Bertz CT molecular complexity index is 781. The molecule has 11 heteroatoms. The number of phosphoric ester groups is 1. The molecule has 0 spiro atoms. The predicted molar refractivity (Wildman–Crippen MR) is 192 cm³/mol. The van der Waals surface area contributed by atoms with Gasteiger partial charge in [0.2, 0.25) is 0 Å². The van der Waals surface area contributed by atoms with Gasteiger partial charge in [-0.15, -0.1) is 0 Å². The Labute approximate surface area is 293 Å². The largest absolute Gasteiger partial charge is 0.472 e. The Morgan fingerprint density at radius 2 is 0.896 bits per heavy atom. The minimum Gasteiger partial charge on any atom is -0.462 e. The normalized spacial score (nSPS) is 14.0. The van der Waals surface area contributed by atoms with E-state index in [9.17, 15) is 24.2 Å². The SMILES string of the molecule is CCCCCCCCCCCCCCCC(=O)OC[C@@H](COP(=O)(O)OC[C@H](O)CO)OC(=O)CCCCCCCCCCCCCC. The molecule has 10 nitrogen and oxygen atoms in total. The highest BCUT2D eigenvalue weighted by Gasteiger charge is 2.27. The molecule has 0 amide bonds. The van der Waals surface area contributed by atoms with Crippen molar-refractivity contribution in [2.45, 2.75) is 199 Å². The van der Waals surface area contributed by atoms with Crippen LogP contribution in [0.15, 0.2) is 0 Å². The molecule has 0 saturated carbocycles. The van der Waals surface area contributed by atoms with Gasteiger partial charge >= 0.3 is 19.8 Å². The number of aliphatic hydroxyl groups excluding tert-OH is 2. The van der Waals surface area contributed by atoms with Gasteiger partial charge in [-0.3, -0.25) is 18.6 Å². The van der Waals surface area contributed by atoms with Crippen molar-refractivity contribution in [3.63, 3.8) is 0 Å². The lowest BCUT2D eigenvalue weighted by Gasteiger charge is -2.20. The quantitative estimate of drug-likeness (QED) is 0.0324. The molecule has 0 saturated heterocycles. The van der Waals surface area contributed by atoms with Gasteiger partial charge in [-0.25, -0.2) is 4.57 Å². The topological polar surface area (TPSA) is 149 Å². The number of ether oxygens (including phenoxy) is 2. The van der Waals surface area contributed by atoms with Crippen LogP contribution in [0.4, 0.5) is 0 Å². The minimum absolute atomic E-state index is 0.191. The monoisotopic (exact) mass is 708 g/mol. The fraction of sp³-hybridized carbons (Fsp3) is 0.946. The van der Waals surface area contributed by atoms with E-state index in [-0.39, 0.29) is 19.4 Å². The van der Waals surface area contributed by atoms with Gasteiger partial charge in [0, 0.05) is 12.8 Å². The molecule has 0 radical (unpaired) electrons. The molecule has 0 rings (SSSR count). The van der Waals surface area contributed by atoms with Crippen molar-refractivity contribution >= 4 is 19.8 Å². The standard InChI is InChI=1S/C37H73O10P/c1-3-5-7-9-11-13-15-17-19-20-22-24-26-28-36(40)44-32-35(33-46-48(42,43)45-31-34(39)30-38)47-37(41)29-27-25-23-21-18-16-14-12-10-8-6-4-2/h34-35,38-39H,3-33H2,1-2H3,(H,42,43)/t34-,35+/m1/s1. The summed E-state index contributed by atoms with van der Waals surface area (Å²) in [5, 5.41) is 18.3. The highest BCUT2D eigenvalue weighted by molar-refractivity contribution is 7.47. The molecule has 48 heavy (non-hydrogen) atoms. The summed E-state index contributed by atoms with van der Waals surface area (Å²) in [6.07, 6.45) is 27.8. The third-order valence-electron chi connectivity index (χ3n) is 8.51. The zero-order valence-corrected chi connectivity index (χ0v) is 31.6. The van der Waals surface area contributed by atoms with E-state index >= 15 is 0 Å². The van der Waals surface area contributed by atoms with Crippen LogP contribution in [0.2, 0.25) is 0 Å². The van der Waals surface area contributed by atoms with Gasteiger partial charge in [0.15, 0.2) is 6.10 Å². The molecule has 0 aromatic carbocycles. The number of hydrogen-bond acceptors (Lipinski definition) is 9. The summed E-state index contributed by atoms with van der Waals surface area (Å²) in [5.41, 5.74) is 0. The Morgan fingerprint density at radius 1 is 0.542 bits per heavy atom. The van der Waals surface area contributed by atoms with Crippen LogP contribution in [0.5, 0.6) is 0 Å². The first-order valence-electron chi connectivity index (χ1n) is 19.5. The lowest BCUT2D eigenvalue weighted by atomic mass is 10.0. The molecule has 286 valence electrons. The molecule has 3 N–H and O–H groups in total. The second kappa shape index (κ2) is 34.4. The number of carbonyl (C=O) groups excluding carboxylic acids is 2.